The van der Waals surface area contributed by atoms with Crippen molar-refractivity contribution in [3.63, 3.8) is 0 Å². The molecule has 4 aliphatic rings. The lowest BCUT2D eigenvalue weighted by atomic mass is 9.65. The molecule has 0 N–H and O–H groups in total. The fourth-order valence-corrected chi connectivity index (χ4v) is 18.8. The van der Waals surface area contributed by atoms with Crippen LogP contribution in [0, 0.1) is 0 Å². The number of aromatic nitrogens is 6. The van der Waals surface area contributed by atoms with Crippen molar-refractivity contribution in [3.05, 3.63) is 457 Å². The summed E-state index contributed by atoms with van der Waals surface area (Å²) < 4.78 is 14.7. The minimum Gasteiger partial charge on any atom is -0.456 e. The minimum absolute atomic E-state index is 0.562. The SMILES string of the molecule is c1ccc(-c2ccc(-c3nc(-c4ccc(-c5ccccc5)cc4)nc(-c4cccc(-c5cccc6c5Oc5cc(-c7ccc(-c8ccc(-c9nc(-c%10ccccc%10)nc(-c%10cccc(-c%11cccc%12c%11Oc%11ccccc%11C%12%11c%12ccccc%12-c%12ccccc%12%11)c%10)n9)cc8)cc7)ccc5C65c6ccccc6-c6ccccc65)c4)n3)cc2)cc1. The van der Waals surface area contributed by atoms with Crippen LogP contribution in [0.3, 0.4) is 0 Å². The second-order valence-electron chi connectivity index (χ2n) is 30.6. The second kappa shape index (κ2) is 27.6. The Hall–Kier alpha value is -15.6. The summed E-state index contributed by atoms with van der Waals surface area (Å²) in [6.45, 7) is 0. The van der Waals surface area contributed by atoms with E-state index < -0.39 is 10.8 Å². The maximum absolute atomic E-state index is 7.55. The zero-order valence-electron chi connectivity index (χ0n) is 63.8. The van der Waals surface area contributed by atoms with Crippen molar-refractivity contribution in [3.8, 4) is 180 Å². The first-order valence-electron chi connectivity index (χ1n) is 40.0. The highest BCUT2D eigenvalue weighted by Crippen LogP contribution is 2.66. The number of hydrogen-bond donors (Lipinski definition) is 0. The number of benzene rings is 17. The summed E-state index contributed by atoms with van der Waals surface area (Å²) in [6.07, 6.45) is 0. The van der Waals surface area contributed by atoms with Gasteiger partial charge >= 0.3 is 0 Å². The van der Waals surface area contributed by atoms with Gasteiger partial charge in [-0.15, -0.1) is 0 Å². The average Bonchev–Trinajstić information content (AvgIpc) is 1.45. The van der Waals surface area contributed by atoms with E-state index in [1.807, 2.05) is 30.3 Å². The van der Waals surface area contributed by atoms with Gasteiger partial charge in [0.05, 0.1) is 10.8 Å². The van der Waals surface area contributed by atoms with Gasteiger partial charge in [-0.05, 0) is 124 Å². The van der Waals surface area contributed by atoms with Gasteiger partial charge in [-0.25, -0.2) is 29.9 Å². The monoisotopic (exact) mass is 1500 g/mol. The largest absolute Gasteiger partial charge is 0.456 e. The second-order valence-corrected chi connectivity index (χ2v) is 30.6. The minimum atomic E-state index is -0.714. The van der Waals surface area contributed by atoms with E-state index in [-0.39, 0.29) is 0 Å². The Morgan fingerprint density at radius 2 is 0.381 bits per heavy atom. The Morgan fingerprint density at radius 3 is 0.771 bits per heavy atom. The molecule has 0 unspecified atom stereocenters. The van der Waals surface area contributed by atoms with Crippen LogP contribution < -0.4 is 9.47 Å². The van der Waals surface area contributed by atoms with Gasteiger partial charge in [0.2, 0.25) is 0 Å². The van der Waals surface area contributed by atoms with Crippen molar-refractivity contribution in [1.82, 2.24) is 29.9 Å². The summed E-state index contributed by atoms with van der Waals surface area (Å²) >= 11 is 0. The number of rotatable bonds is 12. The molecule has 0 amide bonds. The van der Waals surface area contributed by atoms with Gasteiger partial charge in [0.25, 0.3) is 0 Å². The molecule has 2 spiro atoms. The fraction of sp³-hybridized carbons (Fsp3) is 0.0182. The molecule has 0 atom stereocenters. The van der Waals surface area contributed by atoms with Gasteiger partial charge < -0.3 is 9.47 Å². The Morgan fingerprint density at radius 1 is 0.144 bits per heavy atom. The van der Waals surface area contributed by atoms with Crippen LogP contribution in [-0.2, 0) is 10.8 Å². The predicted octanol–water partition coefficient (Wildman–Crippen LogP) is 27.0. The molecule has 0 saturated heterocycles. The maximum Gasteiger partial charge on any atom is 0.164 e. The first-order chi connectivity index (χ1) is 58.4. The highest BCUT2D eigenvalue weighted by Gasteiger charge is 2.53. The number of hydrogen-bond acceptors (Lipinski definition) is 8. The van der Waals surface area contributed by atoms with E-state index >= 15 is 0 Å². The summed E-state index contributed by atoms with van der Waals surface area (Å²) in [6, 6.07) is 146. The summed E-state index contributed by atoms with van der Waals surface area (Å²) in [5.74, 6) is 6.72. The molecule has 8 nitrogen and oxygen atoms in total. The average molecular weight is 1510 g/mol. The molecule has 2 aliphatic heterocycles. The van der Waals surface area contributed by atoms with Crippen molar-refractivity contribution < 1.29 is 9.47 Å². The molecule has 23 rings (SSSR count). The zero-order valence-corrected chi connectivity index (χ0v) is 63.8. The molecule has 118 heavy (non-hydrogen) atoms. The van der Waals surface area contributed by atoms with Crippen molar-refractivity contribution in [2.45, 2.75) is 10.8 Å². The molecule has 0 bridgehead atoms. The number of nitrogens with zero attached hydrogens (tertiary/aromatic N) is 6. The van der Waals surface area contributed by atoms with Crippen LogP contribution in [-0.4, -0.2) is 29.9 Å². The normalized spacial score (nSPS) is 13.0. The van der Waals surface area contributed by atoms with Gasteiger partial charge in [-0.1, -0.05) is 388 Å². The Kier molecular flexibility index (Phi) is 15.9. The number of fused-ring (bicyclic) bond motifs is 18. The molecule has 17 aromatic carbocycles. The van der Waals surface area contributed by atoms with Crippen LogP contribution >= 0.6 is 0 Å². The van der Waals surface area contributed by atoms with E-state index in [1.54, 1.807) is 0 Å². The van der Waals surface area contributed by atoms with E-state index in [2.05, 4.69) is 382 Å². The molecule has 0 fully saturated rings. The Bertz CT molecular complexity index is 7020. The molecular formula is C110H68N6O2. The number of para-hydroxylation sites is 3. The van der Waals surface area contributed by atoms with E-state index in [0.29, 0.717) is 34.9 Å². The third-order valence-corrected chi connectivity index (χ3v) is 24.2. The molecule has 2 aliphatic carbocycles. The van der Waals surface area contributed by atoms with Crippen molar-refractivity contribution >= 4 is 0 Å². The summed E-state index contributed by atoms with van der Waals surface area (Å²) in [5.41, 5.74) is 30.8. The van der Waals surface area contributed by atoms with Gasteiger partial charge in [0.1, 0.15) is 23.0 Å². The van der Waals surface area contributed by atoms with Crippen LogP contribution in [0.25, 0.3) is 157 Å². The van der Waals surface area contributed by atoms with Crippen molar-refractivity contribution in [2.24, 2.45) is 0 Å². The lowest BCUT2D eigenvalue weighted by Gasteiger charge is -2.40. The summed E-state index contributed by atoms with van der Waals surface area (Å²) in [5, 5.41) is 0. The Balaban J connectivity index is 0.577. The van der Waals surface area contributed by atoms with Gasteiger partial charge in [0.15, 0.2) is 34.9 Å². The molecule has 0 radical (unpaired) electrons. The topological polar surface area (TPSA) is 95.8 Å². The molecular weight excluding hydrogens is 1440 g/mol. The standard InChI is InChI=1S/C110H68N6O2/c1-4-24-69(25-5-1)71-52-58-77(59-53-71)105-112-106(78-60-54-72(55-61-78)70-26-6-2-7-27-70)116-108(115-105)84-33-21-31-82(67-84)86-39-23-46-98-102(86)118-100-68-80(64-65-96(100)110(98)93-42-16-12-36-89(93)90-37-13-17-43-94(90)110)75-50-48-73(49-51-75)74-56-62-79(63-57-74)104-111-103(76-28-8-3-9-29-76)113-107(114-104)83-32-20-30-81(66-83)85-38-22-45-97-101(85)117-99-47-19-18-44-95(99)109(97)91-40-14-10-34-87(91)88-35-11-15-41-92(88)109/h1-68H. The van der Waals surface area contributed by atoms with Crippen LogP contribution in [0.2, 0.25) is 0 Å². The highest BCUT2D eigenvalue weighted by molar-refractivity contribution is 5.94. The van der Waals surface area contributed by atoms with E-state index in [0.717, 1.165) is 145 Å². The molecule has 19 aromatic rings. The quantitative estimate of drug-likeness (QED) is 0.119. The fourth-order valence-electron chi connectivity index (χ4n) is 18.8. The highest BCUT2D eigenvalue weighted by atomic mass is 16.5. The lowest BCUT2D eigenvalue weighted by Crippen LogP contribution is -2.32. The number of ether oxygens (including phenoxy) is 2. The molecule has 8 heteroatoms. The maximum atomic E-state index is 7.55. The smallest absolute Gasteiger partial charge is 0.164 e. The van der Waals surface area contributed by atoms with Crippen LogP contribution in [0.4, 0.5) is 0 Å². The van der Waals surface area contributed by atoms with Crippen LogP contribution in [0.15, 0.2) is 413 Å². The lowest BCUT2D eigenvalue weighted by molar-refractivity contribution is 0.438. The van der Waals surface area contributed by atoms with Gasteiger partial charge in [-0.3, -0.25) is 0 Å². The van der Waals surface area contributed by atoms with Crippen LogP contribution in [0.1, 0.15) is 44.5 Å². The third kappa shape index (κ3) is 11.0. The predicted molar refractivity (Wildman–Crippen MR) is 473 cm³/mol. The molecule has 4 heterocycles. The van der Waals surface area contributed by atoms with E-state index in [9.17, 15) is 0 Å². The first-order valence-corrected chi connectivity index (χ1v) is 40.0. The molecule has 2 aromatic heterocycles. The first kappa shape index (κ1) is 68.0. The zero-order chi connectivity index (χ0) is 77.8. The van der Waals surface area contributed by atoms with Gasteiger partial charge in [-0.2, -0.15) is 0 Å². The van der Waals surface area contributed by atoms with E-state index in [1.165, 1.54) is 44.5 Å². The van der Waals surface area contributed by atoms with Crippen molar-refractivity contribution in [2.75, 3.05) is 0 Å². The van der Waals surface area contributed by atoms with E-state index in [4.69, 9.17) is 39.4 Å². The molecule has 550 valence electrons. The van der Waals surface area contributed by atoms with Crippen molar-refractivity contribution in [1.29, 1.82) is 0 Å². The van der Waals surface area contributed by atoms with Gasteiger partial charge in [0, 0.05) is 66.8 Å². The third-order valence-electron chi connectivity index (χ3n) is 24.2. The summed E-state index contributed by atoms with van der Waals surface area (Å²) in [7, 11) is 0. The Labute approximate surface area is 683 Å². The van der Waals surface area contributed by atoms with Crippen LogP contribution in [0.5, 0.6) is 23.0 Å². The molecule has 0 saturated carbocycles. The summed E-state index contributed by atoms with van der Waals surface area (Å²) in [4.78, 5) is 31.5.